The minimum absolute atomic E-state index is 0.0836. The number of hydrogen-bond donors (Lipinski definition) is 0. The Bertz CT molecular complexity index is 4240. The van der Waals surface area contributed by atoms with Gasteiger partial charge in [0, 0.05) is 18.6 Å². The second-order valence-corrected chi connectivity index (χ2v) is 27.7. The minimum atomic E-state index is -0.373. The highest BCUT2D eigenvalue weighted by molar-refractivity contribution is 6.66. The van der Waals surface area contributed by atoms with Crippen LogP contribution in [0.3, 0.4) is 0 Å². The lowest BCUT2D eigenvalue weighted by molar-refractivity contribution is 0.00578. The van der Waals surface area contributed by atoms with Crippen molar-refractivity contribution in [1.29, 1.82) is 0 Å². The van der Waals surface area contributed by atoms with Gasteiger partial charge >= 0.3 is 28.5 Å². The fraction of sp³-hybridized carbons (Fsp3) is 0.324. The van der Waals surface area contributed by atoms with Gasteiger partial charge < -0.3 is 37.2 Å². The number of rotatable bonds is 4. The van der Waals surface area contributed by atoms with Crippen LogP contribution in [-0.4, -0.2) is 75.3 Å². The van der Waals surface area contributed by atoms with Crippen molar-refractivity contribution in [2.75, 3.05) is 13.2 Å². The molecule has 0 aromatic heterocycles. The van der Waals surface area contributed by atoms with Gasteiger partial charge in [0.05, 0.1) is 33.6 Å². The molecule has 4 saturated heterocycles. The van der Waals surface area contributed by atoms with Crippen LogP contribution in [0.4, 0.5) is 0 Å². The van der Waals surface area contributed by atoms with Gasteiger partial charge in [-0.25, -0.2) is 0 Å². The summed E-state index contributed by atoms with van der Waals surface area (Å²) >= 11 is 0. The van der Waals surface area contributed by atoms with E-state index in [-0.39, 0.29) is 67.5 Å². The van der Waals surface area contributed by atoms with Crippen molar-refractivity contribution in [3.05, 3.63) is 158 Å². The van der Waals surface area contributed by atoms with Crippen LogP contribution in [-0.2, 0) is 37.2 Å². The lowest BCUT2D eigenvalue weighted by Crippen LogP contribution is -2.47. The zero-order valence-electron chi connectivity index (χ0n) is 50.5. The van der Waals surface area contributed by atoms with Gasteiger partial charge in [-0.1, -0.05) is 172 Å². The molecule has 12 aromatic carbocycles. The molecule has 16 rings (SSSR count). The zero-order valence-corrected chi connectivity index (χ0v) is 50.5. The van der Waals surface area contributed by atoms with E-state index in [1.54, 1.807) is 0 Å². The van der Waals surface area contributed by atoms with E-state index in [1.807, 2.05) is 0 Å². The van der Waals surface area contributed by atoms with Crippen LogP contribution in [0, 0.1) is 5.41 Å². The van der Waals surface area contributed by atoms with E-state index in [2.05, 4.69) is 255 Å². The van der Waals surface area contributed by atoms with Crippen molar-refractivity contribution in [1.82, 2.24) is 0 Å². The average Bonchev–Trinajstić information content (AvgIpc) is 1.96. The van der Waals surface area contributed by atoms with Crippen molar-refractivity contribution in [2.45, 2.75) is 131 Å². The van der Waals surface area contributed by atoms with Crippen molar-refractivity contribution in [2.24, 2.45) is 5.41 Å². The molecule has 0 bridgehead atoms. The third-order valence-corrected chi connectivity index (χ3v) is 19.8. The molecule has 4 heterocycles. The van der Waals surface area contributed by atoms with E-state index in [0.29, 0.717) is 0 Å². The summed E-state index contributed by atoms with van der Waals surface area (Å²) in [5.74, 6) is 0. The van der Waals surface area contributed by atoms with Gasteiger partial charge in [0.1, 0.15) is 0 Å². The van der Waals surface area contributed by atoms with Crippen LogP contribution in [0.2, 0.25) is 0 Å². The van der Waals surface area contributed by atoms with Crippen molar-refractivity contribution in [3.63, 3.8) is 0 Å². The van der Waals surface area contributed by atoms with Gasteiger partial charge in [-0.3, -0.25) is 0 Å². The van der Waals surface area contributed by atoms with Gasteiger partial charge in [-0.15, -0.1) is 0 Å². The van der Waals surface area contributed by atoms with Crippen LogP contribution >= 0.6 is 0 Å². The number of hydrogen-bond acceptors (Lipinski definition) is 8. The Kier molecular flexibility index (Phi) is 12.4. The first kappa shape index (κ1) is 54.6. The summed E-state index contributed by atoms with van der Waals surface area (Å²) in [5, 5.41) is 22.8. The average molecular weight is 1100 g/mol. The van der Waals surface area contributed by atoms with E-state index in [0.717, 1.165) is 35.1 Å². The van der Waals surface area contributed by atoms with E-state index in [9.17, 15) is 0 Å². The Morgan fingerprint density at radius 3 is 0.855 bits per heavy atom. The zero-order chi connectivity index (χ0) is 58.0. The normalized spacial score (nSPS) is 20.5. The molecule has 0 spiro atoms. The minimum Gasteiger partial charge on any atom is -0.407 e. The molecule has 83 heavy (non-hydrogen) atoms. The summed E-state index contributed by atoms with van der Waals surface area (Å²) in [6.45, 7) is 30.9. The first-order valence-corrected chi connectivity index (χ1v) is 29.6. The molecule has 12 heteroatoms. The first-order chi connectivity index (χ1) is 39.3. The molecule has 0 N–H and O–H groups in total. The Morgan fingerprint density at radius 2 is 0.518 bits per heavy atom. The maximum Gasteiger partial charge on any atom is 0.495 e. The quantitative estimate of drug-likeness (QED) is 0.127. The van der Waals surface area contributed by atoms with Crippen molar-refractivity contribution >= 4 is 147 Å². The molecule has 0 saturated carbocycles. The predicted molar refractivity (Wildman–Crippen MR) is 349 cm³/mol. The smallest absolute Gasteiger partial charge is 0.407 e. The molecule has 4 aliphatic heterocycles. The molecule has 0 aliphatic carbocycles. The SMILES string of the molecule is CC1(C)COB(c2ccc3ccc4cccc5ccc2c3c45)OC1.CC1(C)OB(c2cc3ccc4cc(B5OC(C)(C)C(C)(C)O5)cc5ccc(c2)c3c45)OC1(C)C.CC1(C)OB(c2ccc3ccc4cccc5ccc2c3c45)OC1(C)C. The highest BCUT2D eigenvalue weighted by Crippen LogP contribution is 2.43. The van der Waals surface area contributed by atoms with Crippen molar-refractivity contribution < 1.29 is 37.2 Å². The molecule has 0 amide bonds. The maximum absolute atomic E-state index is 6.33. The second-order valence-electron chi connectivity index (χ2n) is 27.7. The molecule has 4 aliphatic rings. The van der Waals surface area contributed by atoms with E-state index in [1.165, 1.54) is 97.0 Å². The molecule has 0 atom stereocenters. The topological polar surface area (TPSA) is 73.8 Å². The second kappa shape index (κ2) is 18.8. The fourth-order valence-electron chi connectivity index (χ4n) is 12.9. The van der Waals surface area contributed by atoms with Gasteiger partial charge in [0.15, 0.2) is 0 Å². The lowest BCUT2D eigenvalue weighted by atomic mass is 9.72. The highest BCUT2D eigenvalue weighted by atomic mass is 16.7. The van der Waals surface area contributed by atoms with E-state index in [4.69, 9.17) is 37.2 Å². The molecular weight excluding hydrogens is 1020 g/mol. The highest BCUT2D eigenvalue weighted by Gasteiger charge is 2.54. The van der Waals surface area contributed by atoms with E-state index >= 15 is 0 Å². The molecule has 4 fully saturated rings. The van der Waals surface area contributed by atoms with E-state index < -0.39 is 0 Å². The summed E-state index contributed by atoms with van der Waals surface area (Å²) in [6, 6.07) is 57.0. The van der Waals surface area contributed by atoms with Gasteiger partial charge in [-0.05, 0) is 202 Å². The lowest BCUT2D eigenvalue weighted by Gasteiger charge is -2.33. The molecule has 0 radical (unpaired) electrons. The molecular formula is C71H72B4O8. The Hall–Kier alpha value is -6.30. The maximum atomic E-state index is 6.33. The fourth-order valence-corrected chi connectivity index (χ4v) is 12.9. The third kappa shape index (κ3) is 8.92. The monoisotopic (exact) mass is 1100 g/mol. The summed E-state index contributed by atoms with van der Waals surface area (Å²) in [6.07, 6.45) is 0. The van der Waals surface area contributed by atoms with Crippen LogP contribution in [0.5, 0.6) is 0 Å². The molecule has 8 nitrogen and oxygen atoms in total. The largest absolute Gasteiger partial charge is 0.495 e. The summed E-state index contributed by atoms with van der Waals surface area (Å²) in [7, 11) is -1.36. The van der Waals surface area contributed by atoms with Crippen LogP contribution in [0.1, 0.15) is 96.9 Å². The van der Waals surface area contributed by atoms with Crippen LogP contribution in [0.15, 0.2) is 158 Å². The van der Waals surface area contributed by atoms with Crippen molar-refractivity contribution in [3.8, 4) is 0 Å². The predicted octanol–water partition coefficient (Wildman–Crippen LogP) is 14.4. The standard InChI is InChI=1S/C28H32B2O4.C22H21BO2.C21H19BO2/c1-25(2)26(3,4)32-29(31-25)21-13-17-9-11-19-15-22(30-33-27(5,6)28(7,8)34-30)16-20-12-10-18(14-21)23(17)24(19)20;1-21(2)22(3,4)25-23(24-21)18-13-11-16-9-8-14-6-5-7-15-10-12-17(18)20(16)19(14)15;1-21(2)12-23-22(24-13-21)18-11-9-16-7-6-14-4-3-5-15-8-10-17(18)20(16)19(14)15/h9-16H,1-8H3;5-13H,1-4H3;3-11H,12-13H2,1-2H3. The van der Waals surface area contributed by atoms with Gasteiger partial charge in [0.25, 0.3) is 0 Å². The molecule has 0 unspecified atom stereocenters. The third-order valence-electron chi connectivity index (χ3n) is 19.8. The molecule has 416 valence electrons. The van der Waals surface area contributed by atoms with Crippen LogP contribution < -0.4 is 21.9 Å². The Balaban J connectivity index is 0.000000113. The Morgan fingerprint density at radius 1 is 0.265 bits per heavy atom. The number of benzene rings is 12. The summed E-state index contributed by atoms with van der Waals surface area (Å²) in [4.78, 5) is 0. The summed E-state index contributed by atoms with van der Waals surface area (Å²) < 4.78 is 50.1. The summed E-state index contributed by atoms with van der Waals surface area (Å²) in [5.41, 5.74) is 2.34. The van der Waals surface area contributed by atoms with Crippen LogP contribution in [0.25, 0.3) is 97.0 Å². The first-order valence-electron chi connectivity index (χ1n) is 29.6. The molecule has 12 aromatic rings. The Labute approximate surface area is 488 Å². The van der Waals surface area contributed by atoms with Gasteiger partial charge in [-0.2, -0.15) is 0 Å². The van der Waals surface area contributed by atoms with Gasteiger partial charge in [0.2, 0.25) is 0 Å².